The molecule has 3 rings (SSSR count). The van der Waals surface area contributed by atoms with E-state index in [1.54, 1.807) is 6.92 Å². The van der Waals surface area contributed by atoms with Gasteiger partial charge in [0.05, 0.1) is 13.0 Å². The molecule has 2 nitrogen and oxygen atoms in total. The highest BCUT2D eigenvalue weighted by Crippen LogP contribution is 2.32. The van der Waals surface area contributed by atoms with E-state index < -0.39 is 7.92 Å². The molecule has 0 amide bonds. The first kappa shape index (κ1) is 21.3. The van der Waals surface area contributed by atoms with Crippen molar-refractivity contribution in [3.8, 4) is 0 Å². The Kier molecular flexibility index (Phi) is 9.83. The van der Waals surface area contributed by atoms with Crippen molar-refractivity contribution in [3.63, 3.8) is 0 Å². The average molecular weight is 443 g/mol. The average Bonchev–Trinajstić information content (AvgIpc) is 2.72. The molecule has 0 aliphatic carbocycles. The number of benzene rings is 3. The van der Waals surface area contributed by atoms with Crippen LogP contribution in [0.25, 0.3) is 0 Å². The lowest BCUT2D eigenvalue weighted by molar-refractivity contribution is -0.142. The SMILES string of the molecule is CCOC(=O)CCBr.c1ccc(P(c2ccccc2)c2ccccc2)cc1. The summed E-state index contributed by atoms with van der Waals surface area (Å²) in [5.74, 6) is -0.135. The molecule has 0 aliphatic rings. The Balaban J connectivity index is 0.000000279. The normalized spacial score (nSPS) is 10.0. The number of ether oxygens (including phenoxy) is 1. The van der Waals surface area contributed by atoms with Crippen LogP contribution in [0, 0.1) is 0 Å². The summed E-state index contributed by atoms with van der Waals surface area (Å²) in [5.41, 5.74) is 0. The molecular formula is C23H24BrO2P. The van der Waals surface area contributed by atoms with Gasteiger partial charge in [-0.3, -0.25) is 4.79 Å². The van der Waals surface area contributed by atoms with E-state index in [0.717, 1.165) is 0 Å². The first-order valence-corrected chi connectivity index (χ1v) is 11.4. The summed E-state index contributed by atoms with van der Waals surface area (Å²) in [5, 5.41) is 4.88. The third-order valence-electron chi connectivity index (χ3n) is 3.65. The molecule has 3 aromatic rings. The molecule has 0 aromatic heterocycles. The van der Waals surface area contributed by atoms with Crippen LogP contribution in [-0.4, -0.2) is 17.9 Å². The van der Waals surface area contributed by atoms with Gasteiger partial charge in [-0.15, -0.1) is 0 Å². The highest BCUT2D eigenvalue weighted by molar-refractivity contribution is 9.09. The molecule has 0 spiro atoms. The van der Waals surface area contributed by atoms with E-state index in [0.29, 0.717) is 18.4 Å². The van der Waals surface area contributed by atoms with Gasteiger partial charge in [-0.1, -0.05) is 107 Å². The number of carbonyl (C=O) groups is 1. The van der Waals surface area contributed by atoms with Crippen molar-refractivity contribution < 1.29 is 9.53 Å². The van der Waals surface area contributed by atoms with Gasteiger partial charge in [0.2, 0.25) is 0 Å². The third kappa shape index (κ3) is 7.28. The van der Waals surface area contributed by atoms with Crippen molar-refractivity contribution in [2.75, 3.05) is 11.9 Å². The van der Waals surface area contributed by atoms with Crippen LogP contribution in [0.15, 0.2) is 91.0 Å². The minimum atomic E-state index is -0.446. The van der Waals surface area contributed by atoms with Crippen molar-refractivity contribution in [1.82, 2.24) is 0 Å². The van der Waals surface area contributed by atoms with E-state index in [1.807, 2.05) is 0 Å². The highest BCUT2D eigenvalue weighted by atomic mass is 79.9. The summed E-state index contributed by atoms with van der Waals surface area (Å²) in [4.78, 5) is 10.4. The van der Waals surface area contributed by atoms with Crippen molar-refractivity contribution in [2.45, 2.75) is 13.3 Å². The first-order valence-electron chi connectivity index (χ1n) is 8.93. The van der Waals surface area contributed by atoms with E-state index in [9.17, 15) is 4.79 Å². The molecule has 140 valence electrons. The molecule has 0 aliphatic heterocycles. The maximum absolute atomic E-state index is 10.4. The molecule has 0 atom stereocenters. The number of halogens is 1. The first-order chi connectivity index (χ1) is 13.3. The fraction of sp³-hybridized carbons (Fsp3) is 0.174. The molecule has 4 heteroatoms. The van der Waals surface area contributed by atoms with Crippen molar-refractivity contribution in [1.29, 1.82) is 0 Å². The van der Waals surface area contributed by atoms with Crippen LogP contribution in [0.4, 0.5) is 0 Å². The van der Waals surface area contributed by atoms with Gasteiger partial charge in [0.25, 0.3) is 0 Å². The van der Waals surface area contributed by atoms with Crippen molar-refractivity contribution in [2.24, 2.45) is 0 Å². The Hall–Kier alpha value is -1.96. The van der Waals surface area contributed by atoms with Crippen molar-refractivity contribution in [3.05, 3.63) is 91.0 Å². The fourth-order valence-electron chi connectivity index (χ4n) is 2.49. The molecular weight excluding hydrogens is 419 g/mol. The number of hydrogen-bond donors (Lipinski definition) is 0. The van der Waals surface area contributed by atoms with Crippen LogP contribution in [-0.2, 0) is 9.53 Å². The van der Waals surface area contributed by atoms with E-state index in [4.69, 9.17) is 0 Å². The highest BCUT2D eigenvalue weighted by Gasteiger charge is 2.14. The second kappa shape index (κ2) is 12.4. The van der Waals surface area contributed by atoms with E-state index in [-0.39, 0.29) is 5.97 Å². The van der Waals surface area contributed by atoms with Gasteiger partial charge in [-0.2, -0.15) is 0 Å². The number of carbonyl (C=O) groups excluding carboxylic acids is 1. The van der Waals surface area contributed by atoms with Gasteiger partial charge in [-0.25, -0.2) is 0 Å². The van der Waals surface area contributed by atoms with Gasteiger partial charge in [0, 0.05) is 5.33 Å². The van der Waals surface area contributed by atoms with Gasteiger partial charge in [-0.05, 0) is 30.8 Å². The zero-order valence-electron chi connectivity index (χ0n) is 15.4. The van der Waals surface area contributed by atoms with Crippen LogP contribution < -0.4 is 15.9 Å². The molecule has 3 aromatic carbocycles. The summed E-state index contributed by atoms with van der Waals surface area (Å²) < 4.78 is 4.61. The predicted octanol–water partition coefficient (Wildman–Crippen LogP) is 4.78. The lowest BCUT2D eigenvalue weighted by Crippen LogP contribution is -2.20. The lowest BCUT2D eigenvalue weighted by atomic mass is 10.4. The van der Waals surface area contributed by atoms with Gasteiger partial charge >= 0.3 is 5.97 Å². The standard InChI is InChI=1S/C18H15P.C5H9BrO2/c1-4-10-16(11-5-1)19(17-12-6-2-7-13-17)18-14-8-3-9-15-18;1-2-8-5(7)3-4-6/h1-15H;2-4H2,1H3. The third-order valence-corrected chi connectivity index (χ3v) is 6.49. The molecule has 0 N–H and O–H groups in total. The summed E-state index contributed by atoms with van der Waals surface area (Å²) in [7, 11) is -0.446. The second-order valence-corrected chi connectivity index (χ2v) is 8.60. The second-order valence-electron chi connectivity index (χ2n) is 5.59. The van der Waals surface area contributed by atoms with Crippen molar-refractivity contribution >= 4 is 45.7 Å². The van der Waals surface area contributed by atoms with Gasteiger partial charge in [0.15, 0.2) is 0 Å². The topological polar surface area (TPSA) is 26.3 Å². The molecule has 0 unspecified atom stereocenters. The van der Waals surface area contributed by atoms with Gasteiger partial charge in [0.1, 0.15) is 0 Å². The monoisotopic (exact) mass is 442 g/mol. The van der Waals surface area contributed by atoms with Crippen LogP contribution in [0.1, 0.15) is 13.3 Å². The van der Waals surface area contributed by atoms with Crippen LogP contribution >= 0.6 is 23.9 Å². The van der Waals surface area contributed by atoms with E-state index in [2.05, 4.69) is 112 Å². The minimum absolute atomic E-state index is 0.135. The Morgan fingerprint density at radius 2 is 1.15 bits per heavy atom. The molecule has 0 bridgehead atoms. The maximum atomic E-state index is 10.4. The zero-order chi connectivity index (χ0) is 19.3. The summed E-state index contributed by atoms with van der Waals surface area (Å²) >= 11 is 3.12. The fourth-order valence-corrected chi connectivity index (χ4v) is 5.12. The van der Waals surface area contributed by atoms with Crippen LogP contribution in [0.5, 0.6) is 0 Å². The molecule has 0 fully saturated rings. The number of alkyl halides is 1. The summed E-state index contributed by atoms with van der Waals surface area (Å²) in [6, 6.07) is 32.3. The largest absolute Gasteiger partial charge is 0.466 e. The van der Waals surface area contributed by atoms with E-state index >= 15 is 0 Å². The number of hydrogen-bond acceptors (Lipinski definition) is 2. The molecule has 0 saturated heterocycles. The Bertz CT molecular complexity index is 677. The maximum Gasteiger partial charge on any atom is 0.306 e. The quantitative estimate of drug-likeness (QED) is 0.312. The van der Waals surface area contributed by atoms with Crippen LogP contribution in [0.3, 0.4) is 0 Å². The molecule has 0 heterocycles. The Labute approximate surface area is 171 Å². The van der Waals surface area contributed by atoms with Gasteiger partial charge < -0.3 is 4.74 Å². The molecule has 0 saturated carbocycles. The summed E-state index contributed by atoms with van der Waals surface area (Å²) in [6.07, 6.45) is 0.466. The molecule has 27 heavy (non-hydrogen) atoms. The minimum Gasteiger partial charge on any atom is -0.466 e. The Morgan fingerprint density at radius 1 is 0.778 bits per heavy atom. The number of rotatable bonds is 6. The summed E-state index contributed by atoms with van der Waals surface area (Å²) in [6.45, 7) is 2.28. The molecule has 0 radical (unpaired) electrons. The number of esters is 1. The zero-order valence-corrected chi connectivity index (χ0v) is 17.9. The Morgan fingerprint density at radius 3 is 1.44 bits per heavy atom. The van der Waals surface area contributed by atoms with E-state index in [1.165, 1.54) is 15.9 Å². The smallest absolute Gasteiger partial charge is 0.306 e. The van der Waals surface area contributed by atoms with Crippen LogP contribution in [0.2, 0.25) is 0 Å². The predicted molar refractivity (Wildman–Crippen MR) is 120 cm³/mol. The lowest BCUT2D eigenvalue weighted by Gasteiger charge is -2.18.